The van der Waals surface area contributed by atoms with Gasteiger partial charge in [0.05, 0.1) is 11.4 Å². The van der Waals surface area contributed by atoms with Crippen molar-refractivity contribution in [1.29, 1.82) is 0 Å². The monoisotopic (exact) mass is 337 g/mol. The fourth-order valence-electron chi connectivity index (χ4n) is 3.24. The van der Waals surface area contributed by atoms with Gasteiger partial charge in [0.1, 0.15) is 24.7 Å². The summed E-state index contributed by atoms with van der Waals surface area (Å²) in [7, 11) is 0. The SMILES string of the molecule is CC(NC1=COCC2=C3C1=CN=C(c1cccnc1)N3CC2)C(N)=O. The number of primary amides is 1. The Balaban J connectivity index is 1.75. The summed E-state index contributed by atoms with van der Waals surface area (Å²) < 4.78 is 5.69. The number of amidine groups is 1. The first-order valence-electron chi connectivity index (χ1n) is 8.21. The van der Waals surface area contributed by atoms with Gasteiger partial charge in [-0.1, -0.05) is 0 Å². The molecule has 1 atom stereocenters. The number of aliphatic imine (C=N–C) groups is 1. The summed E-state index contributed by atoms with van der Waals surface area (Å²) in [5.41, 5.74) is 10.3. The van der Waals surface area contributed by atoms with E-state index in [9.17, 15) is 4.79 Å². The minimum Gasteiger partial charge on any atom is -0.495 e. The lowest BCUT2D eigenvalue weighted by atomic mass is 10.0. The normalized spacial score (nSPS) is 19.9. The molecule has 4 heterocycles. The molecule has 0 aromatic carbocycles. The molecule has 0 fully saturated rings. The van der Waals surface area contributed by atoms with Crippen molar-refractivity contribution in [1.82, 2.24) is 15.2 Å². The average Bonchev–Trinajstić information content (AvgIpc) is 2.96. The molecular formula is C18H19N5O2. The number of carbonyl (C=O) groups excluding carboxylic acids is 1. The first-order valence-corrected chi connectivity index (χ1v) is 8.21. The van der Waals surface area contributed by atoms with Gasteiger partial charge < -0.3 is 20.7 Å². The first-order chi connectivity index (χ1) is 12.1. The molecule has 0 bridgehead atoms. The number of amides is 1. The highest BCUT2D eigenvalue weighted by Crippen LogP contribution is 2.37. The number of aromatic nitrogens is 1. The molecule has 0 radical (unpaired) electrons. The van der Waals surface area contributed by atoms with Gasteiger partial charge in [0.25, 0.3) is 0 Å². The van der Waals surface area contributed by atoms with Crippen LogP contribution in [-0.4, -0.2) is 40.8 Å². The third-order valence-corrected chi connectivity index (χ3v) is 4.54. The maximum absolute atomic E-state index is 11.4. The second kappa shape index (κ2) is 6.08. The maximum atomic E-state index is 11.4. The van der Waals surface area contributed by atoms with Crippen molar-refractivity contribution in [3.8, 4) is 0 Å². The number of hydrogen-bond donors (Lipinski definition) is 2. The van der Waals surface area contributed by atoms with E-state index in [0.29, 0.717) is 6.61 Å². The number of pyridine rings is 1. The molecule has 7 heteroatoms. The van der Waals surface area contributed by atoms with Crippen molar-refractivity contribution in [3.05, 3.63) is 65.1 Å². The molecule has 4 rings (SSSR count). The number of nitrogens with one attached hydrogen (secondary N) is 1. The highest BCUT2D eigenvalue weighted by molar-refractivity contribution is 6.02. The van der Waals surface area contributed by atoms with Crippen LogP contribution in [-0.2, 0) is 9.53 Å². The Morgan fingerprint density at radius 3 is 3.12 bits per heavy atom. The van der Waals surface area contributed by atoms with E-state index >= 15 is 0 Å². The van der Waals surface area contributed by atoms with Crippen LogP contribution < -0.4 is 11.1 Å². The van der Waals surface area contributed by atoms with Crippen molar-refractivity contribution in [2.24, 2.45) is 10.7 Å². The van der Waals surface area contributed by atoms with Crippen LogP contribution >= 0.6 is 0 Å². The van der Waals surface area contributed by atoms with Gasteiger partial charge in [-0.15, -0.1) is 0 Å². The van der Waals surface area contributed by atoms with Crippen LogP contribution in [0.15, 0.2) is 64.5 Å². The number of nitrogens with zero attached hydrogens (tertiary/aromatic N) is 3. The van der Waals surface area contributed by atoms with Gasteiger partial charge in [0, 0.05) is 36.3 Å². The Bertz CT molecular complexity index is 838. The van der Waals surface area contributed by atoms with E-state index in [4.69, 9.17) is 10.5 Å². The zero-order chi connectivity index (χ0) is 17.4. The van der Waals surface area contributed by atoms with Gasteiger partial charge in [-0.3, -0.25) is 9.78 Å². The first kappa shape index (κ1) is 15.4. The summed E-state index contributed by atoms with van der Waals surface area (Å²) in [6.07, 6.45) is 7.94. The standard InChI is InChI=1S/C18H19N5O2/c1-11(17(19)24)22-15-10-25-9-13-4-6-23-16(13)14(15)8-21-18(23)12-3-2-5-20-7-12/h2-3,5,7-8,10-11,22H,4,6,9H2,1H3,(H2,19,24). The molecule has 0 spiro atoms. The van der Waals surface area contributed by atoms with Crippen LogP contribution in [0.5, 0.6) is 0 Å². The van der Waals surface area contributed by atoms with Crippen molar-refractivity contribution in [3.63, 3.8) is 0 Å². The summed E-state index contributed by atoms with van der Waals surface area (Å²) in [5, 5.41) is 3.13. The Morgan fingerprint density at radius 1 is 1.48 bits per heavy atom. The van der Waals surface area contributed by atoms with E-state index in [1.165, 1.54) is 5.57 Å². The zero-order valence-electron chi connectivity index (χ0n) is 13.9. The van der Waals surface area contributed by atoms with E-state index in [0.717, 1.165) is 41.3 Å². The summed E-state index contributed by atoms with van der Waals surface area (Å²) >= 11 is 0. The largest absolute Gasteiger partial charge is 0.495 e. The van der Waals surface area contributed by atoms with E-state index < -0.39 is 11.9 Å². The van der Waals surface area contributed by atoms with Gasteiger partial charge in [-0.25, -0.2) is 4.99 Å². The van der Waals surface area contributed by atoms with Gasteiger partial charge in [0.2, 0.25) is 5.91 Å². The number of ether oxygens (including phenoxy) is 1. The molecule has 1 aromatic rings. The van der Waals surface area contributed by atoms with Crippen LogP contribution in [0.4, 0.5) is 0 Å². The molecular weight excluding hydrogens is 318 g/mol. The van der Waals surface area contributed by atoms with Crippen molar-refractivity contribution >= 4 is 11.7 Å². The Morgan fingerprint density at radius 2 is 2.36 bits per heavy atom. The molecule has 0 saturated carbocycles. The molecule has 0 aliphatic carbocycles. The summed E-state index contributed by atoms with van der Waals surface area (Å²) in [5.74, 6) is 0.463. The van der Waals surface area contributed by atoms with Gasteiger partial charge in [-0.2, -0.15) is 0 Å². The fourth-order valence-corrected chi connectivity index (χ4v) is 3.24. The molecule has 3 N–H and O–H groups in total. The molecule has 128 valence electrons. The molecule has 1 amide bonds. The van der Waals surface area contributed by atoms with Crippen molar-refractivity contribution in [2.45, 2.75) is 19.4 Å². The second-order valence-corrected chi connectivity index (χ2v) is 6.20. The highest BCUT2D eigenvalue weighted by atomic mass is 16.5. The van der Waals surface area contributed by atoms with Crippen LogP contribution in [0.1, 0.15) is 18.9 Å². The molecule has 0 saturated heterocycles. The average molecular weight is 337 g/mol. The lowest BCUT2D eigenvalue weighted by Gasteiger charge is -2.29. The van der Waals surface area contributed by atoms with Crippen LogP contribution in [0.2, 0.25) is 0 Å². The number of nitrogens with two attached hydrogens (primary N) is 1. The van der Waals surface area contributed by atoms with Crippen molar-refractivity contribution in [2.75, 3.05) is 13.2 Å². The molecule has 1 unspecified atom stereocenters. The Hall–Kier alpha value is -3.09. The number of rotatable bonds is 4. The van der Waals surface area contributed by atoms with E-state index in [1.807, 2.05) is 24.5 Å². The molecule has 25 heavy (non-hydrogen) atoms. The Labute approximate surface area is 145 Å². The predicted molar refractivity (Wildman–Crippen MR) is 93.0 cm³/mol. The zero-order valence-corrected chi connectivity index (χ0v) is 13.9. The summed E-state index contributed by atoms with van der Waals surface area (Å²) in [6, 6.07) is 3.40. The smallest absolute Gasteiger partial charge is 0.239 e. The van der Waals surface area contributed by atoms with Gasteiger partial charge in [-0.05, 0) is 31.1 Å². The number of carbonyl (C=O) groups is 1. The molecule has 1 aromatic heterocycles. The molecule has 3 aliphatic heterocycles. The third-order valence-electron chi connectivity index (χ3n) is 4.54. The maximum Gasteiger partial charge on any atom is 0.239 e. The topological polar surface area (TPSA) is 92.8 Å². The second-order valence-electron chi connectivity index (χ2n) is 6.20. The molecule has 3 aliphatic rings. The number of hydrogen-bond acceptors (Lipinski definition) is 6. The molecule has 7 nitrogen and oxygen atoms in total. The van der Waals surface area contributed by atoms with E-state index in [2.05, 4.69) is 20.2 Å². The minimum atomic E-state index is -0.503. The highest BCUT2D eigenvalue weighted by Gasteiger charge is 2.35. The van der Waals surface area contributed by atoms with E-state index in [1.54, 1.807) is 19.4 Å². The summed E-state index contributed by atoms with van der Waals surface area (Å²) in [4.78, 5) is 22.5. The quantitative estimate of drug-likeness (QED) is 0.856. The van der Waals surface area contributed by atoms with Crippen LogP contribution in [0.3, 0.4) is 0 Å². The summed E-state index contributed by atoms with van der Waals surface area (Å²) in [6.45, 7) is 3.10. The lowest BCUT2D eigenvalue weighted by Crippen LogP contribution is -2.40. The minimum absolute atomic E-state index is 0.418. The van der Waals surface area contributed by atoms with E-state index in [-0.39, 0.29) is 0 Å². The van der Waals surface area contributed by atoms with Gasteiger partial charge in [0.15, 0.2) is 0 Å². The van der Waals surface area contributed by atoms with Crippen LogP contribution in [0.25, 0.3) is 0 Å². The fraction of sp³-hybridized carbons (Fsp3) is 0.278. The van der Waals surface area contributed by atoms with Crippen molar-refractivity contribution < 1.29 is 9.53 Å². The van der Waals surface area contributed by atoms with Gasteiger partial charge >= 0.3 is 0 Å². The lowest BCUT2D eigenvalue weighted by molar-refractivity contribution is -0.119. The third kappa shape index (κ3) is 2.67. The van der Waals surface area contributed by atoms with Crippen LogP contribution in [0, 0.1) is 0 Å². The predicted octanol–water partition coefficient (Wildman–Crippen LogP) is 1.02. The Kier molecular flexibility index (Phi) is 3.76.